The van der Waals surface area contributed by atoms with Crippen LogP contribution in [-0.4, -0.2) is 23.9 Å². The molecule has 4 heteroatoms. The number of nitrogens with one attached hydrogen (secondary N) is 1. The van der Waals surface area contributed by atoms with Crippen molar-refractivity contribution >= 4 is 0 Å². The smallest absolute Gasteiger partial charge is 0.123 e. The van der Waals surface area contributed by atoms with Gasteiger partial charge in [0.2, 0.25) is 0 Å². The highest BCUT2D eigenvalue weighted by Crippen LogP contribution is 2.26. The van der Waals surface area contributed by atoms with Crippen LogP contribution < -0.4 is 10.1 Å². The molecule has 0 bridgehead atoms. The Morgan fingerprint density at radius 3 is 2.79 bits per heavy atom. The zero-order chi connectivity index (χ0) is 13.7. The Morgan fingerprint density at radius 2 is 2.16 bits per heavy atom. The van der Waals surface area contributed by atoms with Crippen LogP contribution in [0.2, 0.25) is 0 Å². The van der Waals surface area contributed by atoms with Crippen molar-refractivity contribution in [2.45, 2.75) is 25.9 Å². The second-order valence-corrected chi connectivity index (χ2v) is 4.49. The van der Waals surface area contributed by atoms with Gasteiger partial charge in [-0.25, -0.2) is 0 Å². The number of ether oxygens (including phenoxy) is 1. The second kappa shape index (κ2) is 6.38. The first-order valence-corrected chi connectivity index (χ1v) is 6.60. The Kier molecular flexibility index (Phi) is 4.58. The van der Waals surface area contributed by atoms with E-state index in [2.05, 4.69) is 29.6 Å². The molecule has 1 heterocycles. The third-order valence-corrected chi connectivity index (χ3v) is 3.31. The molecule has 0 aliphatic rings. The van der Waals surface area contributed by atoms with Gasteiger partial charge in [-0.2, -0.15) is 5.10 Å². The maximum Gasteiger partial charge on any atom is 0.123 e. The normalized spacial score (nSPS) is 12.4. The average Bonchev–Trinajstić information content (AvgIpc) is 2.92. The van der Waals surface area contributed by atoms with Gasteiger partial charge in [0, 0.05) is 24.3 Å². The van der Waals surface area contributed by atoms with Crippen LogP contribution in [0.5, 0.6) is 5.75 Å². The number of nitrogens with zero attached hydrogens (tertiary/aromatic N) is 2. The Labute approximate surface area is 114 Å². The molecule has 2 aromatic rings. The lowest BCUT2D eigenvalue weighted by atomic mass is 10.00. The summed E-state index contributed by atoms with van der Waals surface area (Å²) in [4.78, 5) is 0. The molecule has 4 nitrogen and oxygen atoms in total. The maximum atomic E-state index is 5.43. The monoisotopic (exact) mass is 259 g/mol. The molecule has 0 aliphatic heterocycles. The quantitative estimate of drug-likeness (QED) is 0.866. The van der Waals surface area contributed by atoms with Crippen LogP contribution in [0.4, 0.5) is 0 Å². The van der Waals surface area contributed by atoms with Gasteiger partial charge in [-0.1, -0.05) is 18.2 Å². The fraction of sp³-hybridized carbons (Fsp3) is 0.400. The van der Waals surface area contributed by atoms with Gasteiger partial charge < -0.3 is 10.1 Å². The van der Waals surface area contributed by atoms with E-state index in [0.29, 0.717) is 0 Å². The van der Waals surface area contributed by atoms with Gasteiger partial charge in [0.1, 0.15) is 5.75 Å². The number of hydrogen-bond acceptors (Lipinski definition) is 3. The summed E-state index contributed by atoms with van der Waals surface area (Å²) in [6.45, 7) is 2.99. The molecule has 1 aromatic carbocycles. The SMILES string of the molecule is CCn1cc(CC(NC)c2ccccc2OC)cn1. The van der Waals surface area contributed by atoms with Crippen LogP contribution >= 0.6 is 0 Å². The molecule has 1 N–H and O–H groups in total. The molecular weight excluding hydrogens is 238 g/mol. The number of likely N-dealkylation sites (N-methyl/N-ethyl adjacent to an activating group) is 1. The Bertz CT molecular complexity index is 522. The van der Waals surface area contributed by atoms with Gasteiger partial charge in [0.15, 0.2) is 0 Å². The largest absolute Gasteiger partial charge is 0.496 e. The second-order valence-electron chi connectivity index (χ2n) is 4.49. The fourth-order valence-corrected chi connectivity index (χ4v) is 2.24. The van der Waals surface area contributed by atoms with Crippen LogP contribution in [0.15, 0.2) is 36.7 Å². The van der Waals surface area contributed by atoms with Gasteiger partial charge in [-0.05, 0) is 32.0 Å². The standard InChI is InChI=1S/C15H21N3O/c1-4-18-11-12(10-17-18)9-14(16-2)13-7-5-6-8-15(13)19-3/h5-8,10-11,14,16H,4,9H2,1-3H3. The molecular formula is C15H21N3O. The molecule has 2 rings (SSSR count). The molecule has 0 saturated heterocycles. The summed E-state index contributed by atoms with van der Waals surface area (Å²) in [6.07, 6.45) is 4.93. The number of benzene rings is 1. The van der Waals surface area contributed by atoms with Gasteiger partial charge in [0.05, 0.1) is 13.3 Å². The summed E-state index contributed by atoms with van der Waals surface area (Å²) in [5.74, 6) is 0.921. The van der Waals surface area contributed by atoms with Gasteiger partial charge >= 0.3 is 0 Å². The highest BCUT2D eigenvalue weighted by atomic mass is 16.5. The maximum absolute atomic E-state index is 5.43. The highest BCUT2D eigenvalue weighted by molar-refractivity contribution is 5.36. The fourth-order valence-electron chi connectivity index (χ4n) is 2.24. The van der Waals surface area contributed by atoms with E-state index in [1.807, 2.05) is 36.1 Å². The summed E-state index contributed by atoms with van der Waals surface area (Å²) in [5.41, 5.74) is 2.41. The molecule has 19 heavy (non-hydrogen) atoms. The summed E-state index contributed by atoms with van der Waals surface area (Å²) in [7, 11) is 3.68. The van der Waals surface area contributed by atoms with E-state index >= 15 is 0 Å². The number of para-hydroxylation sites is 1. The summed E-state index contributed by atoms with van der Waals surface area (Å²) in [5, 5.41) is 7.67. The van der Waals surface area contributed by atoms with Crippen molar-refractivity contribution in [1.82, 2.24) is 15.1 Å². The number of hydrogen-bond donors (Lipinski definition) is 1. The van der Waals surface area contributed by atoms with E-state index in [1.165, 1.54) is 11.1 Å². The molecule has 102 valence electrons. The number of methoxy groups -OCH3 is 1. The van der Waals surface area contributed by atoms with E-state index < -0.39 is 0 Å². The minimum absolute atomic E-state index is 0.227. The molecule has 0 saturated carbocycles. The first-order chi connectivity index (χ1) is 9.28. The van der Waals surface area contributed by atoms with Gasteiger partial charge in [0.25, 0.3) is 0 Å². The van der Waals surface area contributed by atoms with Crippen LogP contribution in [-0.2, 0) is 13.0 Å². The predicted octanol–water partition coefficient (Wildman–Crippen LogP) is 2.41. The molecule has 1 unspecified atom stereocenters. The van der Waals surface area contributed by atoms with Crippen molar-refractivity contribution in [3.8, 4) is 5.75 Å². The van der Waals surface area contributed by atoms with Crippen LogP contribution in [0.1, 0.15) is 24.1 Å². The van der Waals surface area contributed by atoms with E-state index in [1.54, 1.807) is 7.11 Å². The van der Waals surface area contributed by atoms with Crippen LogP contribution in [0.25, 0.3) is 0 Å². The zero-order valence-corrected chi connectivity index (χ0v) is 11.8. The van der Waals surface area contributed by atoms with Gasteiger partial charge in [-0.15, -0.1) is 0 Å². The lowest BCUT2D eigenvalue weighted by Gasteiger charge is -2.18. The molecule has 1 atom stereocenters. The predicted molar refractivity (Wildman–Crippen MR) is 76.4 cm³/mol. The lowest BCUT2D eigenvalue weighted by Crippen LogP contribution is -2.19. The van der Waals surface area contributed by atoms with Crippen LogP contribution in [0, 0.1) is 0 Å². The van der Waals surface area contributed by atoms with Crippen molar-refractivity contribution in [3.63, 3.8) is 0 Å². The summed E-state index contributed by atoms with van der Waals surface area (Å²) >= 11 is 0. The zero-order valence-electron chi connectivity index (χ0n) is 11.8. The minimum atomic E-state index is 0.227. The highest BCUT2D eigenvalue weighted by Gasteiger charge is 2.15. The molecule has 0 fully saturated rings. The lowest BCUT2D eigenvalue weighted by molar-refractivity contribution is 0.401. The van der Waals surface area contributed by atoms with E-state index in [0.717, 1.165) is 18.7 Å². The molecule has 0 aliphatic carbocycles. The minimum Gasteiger partial charge on any atom is -0.496 e. The number of rotatable bonds is 6. The average molecular weight is 259 g/mol. The summed E-state index contributed by atoms with van der Waals surface area (Å²) < 4.78 is 7.38. The molecule has 0 spiro atoms. The Morgan fingerprint density at radius 1 is 1.37 bits per heavy atom. The third-order valence-electron chi connectivity index (χ3n) is 3.31. The van der Waals surface area contributed by atoms with Gasteiger partial charge in [-0.3, -0.25) is 4.68 Å². The van der Waals surface area contributed by atoms with Crippen molar-refractivity contribution in [3.05, 3.63) is 47.8 Å². The van der Waals surface area contributed by atoms with E-state index in [-0.39, 0.29) is 6.04 Å². The summed E-state index contributed by atoms with van der Waals surface area (Å²) in [6, 6.07) is 8.35. The van der Waals surface area contributed by atoms with Crippen LogP contribution in [0.3, 0.4) is 0 Å². The number of aromatic nitrogens is 2. The first-order valence-electron chi connectivity index (χ1n) is 6.60. The Hall–Kier alpha value is -1.81. The molecule has 0 radical (unpaired) electrons. The van der Waals surface area contributed by atoms with E-state index in [4.69, 9.17) is 4.74 Å². The first kappa shape index (κ1) is 13.6. The topological polar surface area (TPSA) is 39.1 Å². The molecule has 1 aromatic heterocycles. The van der Waals surface area contributed by atoms with E-state index in [9.17, 15) is 0 Å². The number of aryl methyl sites for hydroxylation is 1. The molecule has 0 amide bonds. The van der Waals surface area contributed by atoms with Crippen molar-refractivity contribution in [1.29, 1.82) is 0 Å². The third kappa shape index (κ3) is 3.15. The van der Waals surface area contributed by atoms with Crippen molar-refractivity contribution in [2.75, 3.05) is 14.2 Å². The van der Waals surface area contributed by atoms with Crippen molar-refractivity contribution < 1.29 is 4.74 Å². The Balaban J connectivity index is 2.19. The van der Waals surface area contributed by atoms with Crippen molar-refractivity contribution in [2.24, 2.45) is 0 Å².